The molecule has 6 heteroatoms. The van der Waals surface area contributed by atoms with Crippen LogP contribution in [-0.2, 0) is 0 Å². The van der Waals surface area contributed by atoms with E-state index in [-0.39, 0.29) is 0 Å². The van der Waals surface area contributed by atoms with Crippen molar-refractivity contribution in [3.63, 3.8) is 0 Å². The smallest absolute Gasteiger partial charge is 0.279 e. The summed E-state index contributed by atoms with van der Waals surface area (Å²) >= 11 is 0. The van der Waals surface area contributed by atoms with Gasteiger partial charge in [-0.1, -0.05) is 13.8 Å². The van der Waals surface area contributed by atoms with Crippen LogP contribution in [0.3, 0.4) is 0 Å². The maximum Gasteiger partial charge on any atom is 0.448 e. The molecule has 1 aromatic rings. The summed E-state index contributed by atoms with van der Waals surface area (Å²) in [5.41, 5.74) is 0.616. The highest BCUT2D eigenvalue weighted by molar-refractivity contribution is 4.62. The maximum absolute atomic E-state index is 10.5. The lowest BCUT2D eigenvalue weighted by Gasteiger charge is -2.04. The molecule has 0 aromatic carbocycles. The minimum absolute atomic E-state index is 0.529. The second-order valence-corrected chi connectivity index (χ2v) is 3.11. The monoisotopic (exact) mass is 188 g/mol. The number of rotatable bonds is 4. The summed E-state index contributed by atoms with van der Waals surface area (Å²) in [6, 6.07) is 0. The molecule has 0 aliphatic rings. The van der Waals surface area contributed by atoms with E-state index in [4.69, 9.17) is 0 Å². The highest BCUT2D eigenvalue weighted by Gasteiger charge is 2.03. The Morgan fingerprint density at radius 1 is 1.31 bits per heavy atom. The van der Waals surface area contributed by atoms with Crippen LogP contribution in [0.25, 0.3) is 0 Å². The summed E-state index contributed by atoms with van der Waals surface area (Å²) < 4.78 is 8.73. The molecule has 0 aliphatic heterocycles. The fraction of sp³-hybridized carbons (Fsp3) is 0.714. The second-order valence-electron chi connectivity index (χ2n) is 3.11. The van der Waals surface area contributed by atoms with Crippen molar-refractivity contribution in [2.45, 2.75) is 20.3 Å². The first-order valence-corrected chi connectivity index (χ1v) is 4.07. The lowest BCUT2D eigenvalue weighted by Crippen LogP contribution is -2.16. The van der Waals surface area contributed by atoms with Crippen LogP contribution in [0.1, 0.15) is 20.3 Å². The molecule has 74 valence electrons. The average molecular weight is 188 g/mol. The summed E-state index contributed by atoms with van der Waals surface area (Å²) in [6.07, 6.45) is 0.894. The Balaban J connectivity index is 2.46. The van der Waals surface area contributed by atoms with Crippen LogP contribution >= 0.6 is 0 Å². The van der Waals surface area contributed by atoms with E-state index in [9.17, 15) is 9.59 Å². The van der Waals surface area contributed by atoms with Gasteiger partial charge in [0.25, 0.3) is 0 Å². The van der Waals surface area contributed by atoms with Gasteiger partial charge in [-0.15, -0.1) is 0 Å². The summed E-state index contributed by atoms with van der Waals surface area (Å²) in [6.45, 7) is 4.70. The molecule has 0 saturated carbocycles. The van der Waals surface area contributed by atoms with Gasteiger partial charge in [-0.05, 0) is 12.3 Å². The van der Waals surface area contributed by atoms with Gasteiger partial charge in [0.15, 0.2) is 0 Å². The molecule has 1 heterocycles. The standard InChI is InChI=1S/C7H12N2O4/c1-5(2)3-4-8-9-12-6(10)7(11)13-9/h5,8H,3-4H2,1-2H3. The van der Waals surface area contributed by atoms with Gasteiger partial charge in [-0.25, -0.2) is 9.59 Å². The van der Waals surface area contributed by atoms with E-state index in [0.717, 1.165) is 6.42 Å². The normalized spacial score (nSPS) is 10.7. The number of nitrogens with zero attached hydrogens (tertiary/aromatic N) is 1. The van der Waals surface area contributed by atoms with Crippen LogP contribution in [-0.4, -0.2) is 11.6 Å². The molecule has 1 aromatic heterocycles. The van der Waals surface area contributed by atoms with Gasteiger partial charge in [0.1, 0.15) is 0 Å². The van der Waals surface area contributed by atoms with E-state index >= 15 is 0 Å². The SMILES string of the molecule is CC(C)CCNn1oc(=O)c(=O)o1. The fourth-order valence-electron chi connectivity index (χ4n) is 0.753. The zero-order valence-electron chi connectivity index (χ0n) is 7.57. The minimum atomic E-state index is -1.00. The van der Waals surface area contributed by atoms with Gasteiger partial charge in [-0.2, -0.15) is 0 Å². The molecule has 0 atom stereocenters. The molecule has 6 nitrogen and oxygen atoms in total. The van der Waals surface area contributed by atoms with E-state index < -0.39 is 11.3 Å². The van der Waals surface area contributed by atoms with Crippen molar-refractivity contribution in [3.8, 4) is 0 Å². The first-order valence-electron chi connectivity index (χ1n) is 4.07. The van der Waals surface area contributed by atoms with Crippen molar-refractivity contribution < 1.29 is 9.05 Å². The van der Waals surface area contributed by atoms with Gasteiger partial charge in [0.05, 0.1) is 0 Å². The Labute approximate surface area is 74.0 Å². The van der Waals surface area contributed by atoms with Crippen LogP contribution in [0.5, 0.6) is 0 Å². The van der Waals surface area contributed by atoms with Crippen LogP contribution in [0.2, 0.25) is 0 Å². The van der Waals surface area contributed by atoms with Crippen LogP contribution in [0.4, 0.5) is 0 Å². The Morgan fingerprint density at radius 2 is 1.85 bits per heavy atom. The lowest BCUT2D eigenvalue weighted by atomic mass is 10.1. The number of hydrogen-bond donors (Lipinski definition) is 1. The minimum Gasteiger partial charge on any atom is -0.279 e. The average Bonchev–Trinajstić information content (AvgIpc) is 2.30. The Bertz CT molecular complexity index is 332. The fourth-order valence-corrected chi connectivity index (χ4v) is 0.753. The molecular weight excluding hydrogens is 176 g/mol. The summed E-state index contributed by atoms with van der Waals surface area (Å²) in [5.74, 6) is 0.529. The molecule has 0 amide bonds. The summed E-state index contributed by atoms with van der Waals surface area (Å²) in [5, 5.41) is 0.688. The molecule has 0 fully saturated rings. The van der Waals surface area contributed by atoms with E-state index in [1.165, 1.54) is 0 Å². The Morgan fingerprint density at radius 3 is 2.31 bits per heavy atom. The second kappa shape index (κ2) is 3.97. The highest BCUT2D eigenvalue weighted by Crippen LogP contribution is 1.96. The zero-order valence-corrected chi connectivity index (χ0v) is 7.57. The molecule has 0 unspecified atom stereocenters. The third-order valence-electron chi connectivity index (χ3n) is 1.46. The third kappa shape index (κ3) is 2.81. The summed E-state index contributed by atoms with van der Waals surface area (Å²) in [7, 11) is 0. The van der Waals surface area contributed by atoms with E-state index in [1.807, 2.05) is 0 Å². The number of aromatic nitrogens is 1. The number of hydrogen-bond acceptors (Lipinski definition) is 5. The van der Waals surface area contributed by atoms with Crippen molar-refractivity contribution >= 4 is 0 Å². The highest BCUT2D eigenvalue weighted by atomic mass is 16.8. The maximum atomic E-state index is 10.5. The third-order valence-corrected chi connectivity index (χ3v) is 1.46. The molecule has 13 heavy (non-hydrogen) atoms. The van der Waals surface area contributed by atoms with Crippen molar-refractivity contribution in [2.75, 3.05) is 12.0 Å². The largest absolute Gasteiger partial charge is 0.448 e. The van der Waals surface area contributed by atoms with E-state index in [0.29, 0.717) is 17.5 Å². The zero-order chi connectivity index (χ0) is 9.84. The quantitative estimate of drug-likeness (QED) is 0.672. The van der Waals surface area contributed by atoms with Crippen LogP contribution < -0.4 is 16.7 Å². The van der Waals surface area contributed by atoms with Crippen molar-refractivity contribution in [1.82, 2.24) is 5.02 Å². The van der Waals surface area contributed by atoms with Crippen LogP contribution in [0, 0.1) is 5.92 Å². The number of nitrogens with one attached hydrogen (secondary N) is 1. The van der Waals surface area contributed by atoms with Gasteiger partial charge in [0, 0.05) is 11.6 Å². The van der Waals surface area contributed by atoms with Crippen LogP contribution in [0.15, 0.2) is 18.6 Å². The first-order chi connectivity index (χ1) is 6.09. The Hall–Kier alpha value is -1.46. The van der Waals surface area contributed by atoms with Crippen molar-refractivity contribution in [2.24, 2.45) is 5.92 Å². The van der Waals surface area contributed by atoms with Gasteiger partial charge < -0.3 is 0 Å². The predicted octanol–water partition coefficient (Wildman–Crippen LogP) is -0.0159. The predicted molar refractivity (Wildman–Crippen MR) is 45.2 cm³/mol. The molecule has 0 saturated heterocycles. The van der Waals surface area contributed by atoms with Gasteiger partial charge in [-0.3, -0.25) is 14.5 Å². The molecule has 0 bridgehead atoms. The van der Waals surface area contributed by atoms with Gasteiger partial charge >= 0.3 is 11.3 Å². The van der Waals surface area contributed by atoms with Crippen molar-refractivity contribution in [1.29, 1.82) is 0 Å². The first kappa shape index (κ1) is 9.63. The molecule has 0 spiro atoms. The molecule has 0 aliphatic carbocycles. The summed E-state index contributed by atoms with van der Waals surface area (Å²) in [4.78, 5) is 21.0. The van der Waals surface area contributed by atoms with E-state index in [2.05, 4.69) is 28.3 Å². The van der Waals surface area contributed by atoms with Gasteiger partial charge in [0.2, 0.25) is 0 Å². The van der Waals surface area contributed by atoms with E-state index in [1.54, 1.807) is 0 Å². The topological polar surface area (TPSA) is 77.4 Å². The molecule has 1 rings (SSSR count). The molecule has 0 radical (unpaired) electrons. The van der Waals surface area contributed by atoms with Crippen molar-refractivity contribution in [3.05, 3.63) is 20.8 Å². The lowest BCUT2D eigenvalue weighted by molar-refractivity contribution is 0.107. The molecule has 1 N–H and O–H groups in total. The molecular formula is C7H12N2O4. The Kier molecular flexibility index (Phi) is 2.94.